The first-order valence-corrected chi connectivity index (χ1v) is 9.03. The molecule has 2 N–H and O–H groups in total. The number of hydrogen-bond acceptors (Lipinski definition) is 3. The molecule has 0 saturated carbocycles. The van der Waals surface area contributed by atoms with E-state index in [0.29, 0.717) is 17.1 Å². The maximum absolute atomic E-state index is 12.4. The third-order valence-corrected chi connectivity index (χ3v) is 4.94. The molecule has 6 nitrogen and oxygen atoms in total. The van der Waals surface area contributed by atoms with Crippen LogP contribution in [-0.2, 0) is 9.59 Å². The summed E-state index contributed by atoms with van der Waals surface area (Å²) in [5, 5.41) is 0.521. The lowest BCUT2D eigenvalue weighted by atomic mass is 10.1. The maximum atomic E-state index is 12.4. The highest BCUT2D eigenvalue weighted by molar-refractivity contribution is 6.30. The van der Waals surface area contributed by atoms with Gasteiger partial charge in [-0.25, -0.2) is 0 Å². The van der Waals surface area contributed by atoms with Gasteiger partial charge in [-0.05, 0) is 36.8 Å². The Bertz CT molecular complexity index is 839. The van der Waals surface area contributed by atoms with Gasteiger partial charge in [0.15, 0.2) is 0 Å². The van der Waals surface area contributed by atoms with Crippen LogP contribution in [0.4, 0.5) is 0 Å². The van der Waals surface area contributed by atoms with Crippen molar-refractivity contribution in [2.75, 3.05) is 6.54 Å². The highest BCUT2D eigenvalue weighted by atomic mass is 35.5. The molecule has 0 aromatic heterocycles. The van der Waals surface area contributed by atoms with Crippen molar-refractivity contribution in [3.05, 3.63) is 70.7 Å². The zero-order valence-corrected chi connectivity index (χ0v) is 15.6. The summed E-state index contributed by atoms with van der Waals surface area (Å²) in [6, 6.07) is 15.9. The van der Waals surface area contributed by atoms with E-state index in [1.807, 2.05) is 37.3 Å². The summed E-state index contributed by atoms with van der Waals surface area (Å²) in [5.74, 6) is -1.41. The molecular formula is C20H20ClN3O3. The van der Waals surface area contributed by atoms with Gasteiger partial charge in [-0.15, -0.1) is 0 Å². The summed E-state index contributed by atoms with van der Waals surface area (Å²) >= 11 is 5.79. The number of benzene rings is 2. The molecule has 0 bridgehead atoms. The maximum Gasteiger partial charge on any atom is 0.269 e. The lowest BCUT2D eigenvalue weighted by Crippen LogP contribution is -2.45. The second-order valence-corrected chi connectivity index (χ2v) is 6.92. The fraction of sp³-hybridized carbons (Fsp3) is 0.250. The molecule has 0 aliphatic carbocycles. The Morgan fingerprint density at radius 3 is 2.41 bits per heavy atom. The van der Waals surface area contributed by atoms with E-state index in [1.165, 1.54) is 0 Å². The number of hydrazine groups is 1. The van der Waals surface area contributed by atoms with Crippen LogP contribution in [0, 0.1) is 5.92 Å². The molecule has 27 heavy (non-hydrogen) atoms. The van der Waals surface area contributed by atoms with Crippen molar-refractivity contribution in [1.82, 2.24) is 15.8 Å². The second-order valence-electron chi connectivity index (χ2n) is 6.48. The number of hydrogen-bond donors (Lipinski definition) is 2. The Morgan fingerprint density at radius 1 is 1.07 bits per heavy atom. The number of nitrogens with one attached hydrogen (secondary N) is 2. The molecule has 2 aromatic rings. The van der Waals surface area contributed by atoms with Crippen molar-refractivity contribution in [3.63, 3.8) is 0 Å². The van der Waals surface area contributed by atoms with Gasteiger partial charge in [-0.1, -0.05) is 41.9 Å². The summed E-state index contributed by atoms with van der Waals surface area (Å²) in [6.45, 7) is 2.26. The van der Waals surface area contributed by atoms with Crippen LogP contribution >= 0.6 is 11.6 Å². The largest absolute Gasteiger partial charge is 0.335 e. The summed E-state index contributed by atoms with van der Waals surface area (Å²) in [4.78, 5) is 38.4. The number of carbonyl (C=O) groups is 3. The van der Waals surface area contributed by atoms with Gasteiger partial charge < -0.3 is 4.90 Å². The molecule has 2 atom stereocenters. The first kappa shape index (κ1) is 18.9. The number of rotatable bonds is 4. The highest BCUT2D eigenvalue weighted by Gasteiger charge is 2.37. The minimum atomic E-state index is -0.505. The van der Waals surface area contributed by atoms with Gasteiger partial charge in [-0.2, -0.15) is 0 Å². The quantitative estimate of drug-likeness (QED) is 0.794. The Labute approximate surface area is 162 Å². The van der Waals surface area contributed by atoms with Crippen LogP contribution in [-0.4, -0.2) is 29.2 Å². The molecule has 3 rings (SSSR count). The van der Waals surface area contributed by atoms with E-state index in [2.05, 4.69) is 10.9 Å². The summed E-state index contributed by atoms with van der Waals surface area (Å²) < 4.78 is 0. The molecule has 1 saturated heterocycles. The average molecular weight is 386 g/mol. The molecule has 3 amide bonds. The number of nitrogens with zero attached hydrogens (tertiary/aromatic N) is 1. The van der Waals surface area contributed by atoms with E-state index in [1.54, 1.807) is 29.2 Å². The van der Waals surface area contributed by atoms with E-state index in [9.17, 15) is 14.4 Å². The summed E-state index contributed by atoms with van der Waals surface area (Å²) in [7, 11) is 0. The standard InChI is InChI=1S/C20H20ClN3O3/c1-13(14-5-3-2-4-6-14)24-12-16(11-18(24)25)20(27)23-22-19(26)15-7-9-17(21)10-8-15/h2-10,13,16H,11-12H2,1H3,(H,22,26)(H,23,27)/t13-,16+/m1/s1. The molecule has 7 heteroatoms. The molecule has 0 spiro atoms. The van der Waals surface area contributed by atoms with E-state index in [-0.39, 0.29) is 24.3 Å². The Kier molecular flexibility index (Phi) is 5.76. The zero-order chi connectivity index (χ0) is 19.4. The lowest BCUT2D eigenvalue weighted by Gasteiger charge is -2.25. The number of likely N-dealkylation sites (tertiary alicyclic amines) is 1. The minimum absolute atomic E-state index is 0.0736. The number of carbonyl (C=O) groups excluding carboxylic acids is 3. The smallest absolute Gasteiger partial charge is 0.269 e. The predicted octanol–water partition coefficient (Wildman–Crippen LogP) is 2.71. The SMILES string of the molecule is C[C@H](c1ccccc1)N1C[C@@H](C(=O)NNC(=O)c2ccc(Cl)cc2)CC1=O. The van der Waals surface area contributed by atoms with Crippen LogP contribution in [0.25, 0.3) is 0 Å². The van der Waals surface area contributed by atoms with Crippen molar-refractivity contribution in [2.24, 2.45) is 5.92 Å². The van der Waals surface area contributed by atoms with E-state index >= 15 is 0 Å². The van der Waals surface area contributed by atoms with E-state index in [0.717, 1.165) is 5.56 Å². The van der Waals surface area contributed by atoms with Crippen molar-refractivity contribution < 1.29 is 14.4 Å². The topological polar surface area (TPSA) is 78.5 Å². The van der Waals surface area contributed by atoms with Gasteiger partial charge >= 0.3 is 0 Å². The lowest BCUT2D eigenvalue weighted by molar-refractivity contribution is -0.130. The predicted molar refractivity (Wildman–Crippen MR) is 102 cm³/mol. The second kappa shape index (κ2) is 8.22. The molecular weight excluding hydrogens is 366 g/mol. The van der Waals surface area contributed by atoms with Crippen molar-refractivity contribution in [1.29, 1.82) is 0 Å². The van der Waals surface area contributed by atoms with Crippen molar-refractivity contribution in [3.8, 4) is 0 Å². The third-order valence-electron chi connectivity index (χ3n) is 4.68. The third kappa shape index (κ3) is 4.46. The normalized spacial score (nSPS) is 17.5. The van der Waals surface area contributed by atoms with Gasteiger partial charge in [0.1, 0.15) is 0 Å². The van der Waals surface area contributed by atoms with Gasteiger partial charge in [0.2, 0.25) is 11.8 Å². The van der Waals surface area contributed by atoms with E-state index in [4.69, 9.17) is 11.6 Å². The average Bonchev–Trinajstić information content (AvgIpc) is 3.08. The molecule has 2 aromatic carbocycles. The van der Waals surface area contributed by atoms with Crippen LogP contribution in [0.5, 0.6) is 0 Å². The van der Waals surface area contributed by atoms with Crippen LogP contribution in [0.1, 0.15) is 35.3 Å². The molecule has 1 aliphatic rings. The fourth-order valence-corrected chi connectivity index (χ4v) is 3.21. The van der Waals surface area contributed by atoms with E-state index < -0.39 is 11.8 Å². The van der Waals surface area contributed by atoms with Crippen LogP contribution in [0.2, 0.25) is 5.02 Å². The zero-order valence-electron chi connectivity index (χ0n) is 14.8. The Hall–Kier alpha value is -2.86. The molecule has 140 valence electrons. The molecule has 1 fully saturated rings. The van der Waals surface area contributed by atoms with Crippen LogP contribution in [0.3, 0.4) is 0 Å². The Balaban J connectivity index is 1.56. The molecule has 0 radical (unpaired) electrons. The van der Waals surface area contributed by atoms with Crippen molar-refractivity contribution in [2.45, 2.75) is 19.4 Å². The van der Waals surface area contributed by atoms with Gasteiger partial charge in [0.25, 0.3) is 5.91 Å². The van der Waals surface area contributed by atoms with Crippen LogP contribution in [0.15, 0.2) is 54.6 Å². The molecule has 1 aliphatic heterocycles. The summed E-state index contributed by atoms with van der Waals surface area (Å²) in [5.41, 5.74) is 6.17. The summed E-state index contributed by atoms with van der Waals surface area (Å²) in [6.07, 6.45) is 0.125. The monoisotopic (exact) mass is 385 g/mol. The van der Waals surface area contributed by atoms with Gasteiger partial charge in [-0.3, -0.25) is 25.2 Å². The number of halogens is 1. The Morgan fingerprint density at radius 2 is 1.74 bits per heavy atom. The highest BCUT2D eigenvalue weighted by Crippen LogP contribution is 2.28. The molecule has 0 unspecified atom stereocenters. The van der Waals surface area contributed by atoms with Crippen LogP contribution < -0.4 is 10.9 Å². The van der Waals surface area contributed by atoms with Gasteiger partial charge in [0, 0.05) is 23.6 Å². The first-order chi connectivity index (χ1) is 13.0. The van der Waals surface area contributed by atoms with Crippen molar-refractivity contribution >= 4 is 29.3 Å². The molecule has 1 heterocycles. The number of amides is 3. The van der Waals surface area contributed by atoms with Gasteiger partial charge in [0.05, 0.1) is 12.0 Å². The first-order valence-electron chi connectivity index (χ1n) is 8.66. The minimum Gasteiger partial charge on any atom is -0.335 e. The fourth-order valence-electron chi connectivity index (χ4n) is 3.09.